The molecule has 1 heterocycles. The van der Waals surface area contributed by atoms with Crippen LogP contribution in [0.1, 0.15) is 11.4 Å². The number of rotatable bonds is 3. The molecule has 0 aliphatic rings. The van der Waals surface area contributed by atoms with Crippen LogP contribution in [0.4, 0.5) is 4.39 Å². The predicted octanol–water partition coefficient (Wildman–Crippen LogP) is 3.18. The summed E-state index contributed by atoms with van der Waals surface area (Å²) in [4.78, 5) is 4.58. The molecular formula is C10H8BrFN4S2. The van der Waals surface area contributed by atoms with Crippen LogP contribution in [0.15, 0.2) is 25.8 Å². The molecule has 0 saturated heterocycles. The summed E-state index contributed by atoms with van der Waals surface area (Å²) in [7, 11) is 0. The van der Waals surface area contributed by atoms with Crippen LogP contribution in [-0.2, 0) is 0 Å². The molecular weight excluding hydrogens is 339 g/mol. The van der Waals surface area contributed by atoms with Gasteiger partial charge in [0.05, 0.1) is 9.37 Å². The summed E-state index contributed by atoms with van der Waals surface area (Å²) in [6.07, 6.45) is 0. The molecule has 0 spiro atoms. The van der Waals surface area contributed by atoms with Gasteiger partial charge in [0.25, 0.3) is 0 Å². The highest BCUT2D eigenvalue weighted by molar-refractivity contribution is 9.10. The fourth-order valence-electron chi connectivity index (χ4n) is 1.23. The van der Waals surface area contributed by atoms with Gasteiger partial charge < -0.3 is 5.73 Å². The molecule has 0 saturated carbocycles. The van der Waals surface area contributed by atoms with Crippen LogP contribution in [0.3, 0.4) is 0 Å². The first kappa shape index (κ1) is 13.4. The van der Waals surface area contributed by atoms with Gasteiger partial charge >= 0.3 is 0 Å². The van der Waals surface area contributed by atoms with E-state index < -0.39 is 5.82 Å². The Balaban J connectivity index is 2.35. The highest BCUT2D eigenvalue weighted by Gasteiger charge is 2.15. The van der Waals surface area contributed by atoms with E-state index in [4.69, 9.17) is 11.1 Å². The van der Waals surface area contributed by atoms with Crippen molar-refractivity contribution in [1.82, 2.24) is 9.36 Å². The zero-order valence-electron chi connectivity index (χ0n) is 9.20. The lowest BCUT2D eigenvalue weighted by molar-refractivity contribution is 0.594. The molecule has 18 heavy (non-hydrogen) atoms. The first-order valence-corrected chi connectivity index (χ1v) is 7.18. The molecule has 1 aromatic carbocycles. The normalized spacial score (nSPS) is 10.6. The number of hydrogen-bond acceptors (Lipinski definition) is 5. The van der Waals surface area contributed by atoms with Crippen LogP contribution in [0.5, 0.6) is 0 Å². The summed E-state index contributed by atoms with van der Waals surface area (Å²) < 4.78 is 19.0. The van der Waals surface area contributed by atoms with Crippen LogP contribution in [0.25, 0.3) is 0 Å². The molecule has 0 unspecified atom stereocenters. The fourth-order valence-corrected chi connectivity index (χ4v) is 3.57. The zero-order valence-corrected chi connectivity index (χ0v) is 12.4. The number of nitrogens with one attached hydrogen (secondary N) is 1. The van der Waals surface area contributed by atoms with Crippen molar-refractivity contribution in [2.75, 3.05) is 0 Å². The SMILES string of the molecule is Cc1nsc(Sc2ccc(C(=N)N)c(Br)c2F)n1. The number of hydrogen-bond donors (Lipinski definition) is 2. The largest absolute Gasteiger partial charge is 0.384 e. The Kier molecular flexibility index (Phi) is 3.98. The number of aromatic nitrogens is 2. The number of benzene rings is 1. The lowest BCUT2D eigenvalue weighted by Crippen LogP contribution is -2.12. The molecule has 2 aromatic rings. The van der Waals surface area contributed by atoms with Gasteiger partial charge in [0.1, 0.15) is 11.7 Å². The van der Waals surface area contributed by atoms with Gasteiger partial charge in [0.15, 0.2) is 10.2 Å². The van der Waals surface area contributed by atoms with Crippen molar-refractivity contribution in [1.29, 1.82) is 5.41 Å². The first-order valence-electron chi connectivity index (χ1n) is 4.79. The van der Waals surface area contributed by atoms with Crippen molar-refractivity contribution in [2.45, 2.75) is 16.2 Å². The summed E-state index contributed by atoms with van der Waals surface area (Å²) in [5.41, 5.74) is 5.69. The van der Waals surface area contributed by atoms with E-state index >= 15 is 0 Å². The van der Waals surface area contributed by atoms with Crippen molar-refractivity contribution >= 4 is 45.1 Å². The number of amidine groups is 1. The van der Waals surface area contributed by atoms with Crippen molar-refractivity contribution in [3.63, 3.8) is 0 Å². The summed E-state index contributed by atoms with van der Waals surface area (Å²) in [6, 6.07) is 3.18. The number of halogens is 2. The van der Waals surface area contributed by atoms with Gasteiger partial charge in [-0.25, -0.2) is 9.37 Å². The molecule has 0 atom stereocenters. The van der Waals surface area contributed by atoms with Gasteiger partial charge in [-0.2, -0.15) is 4.37 Å². The average Bonchev–Trinajstić information content (AvgIpc) is 2.70. The molecule has 0 aliphatic carbocycles. The number of nitrogens with two attached hydrogens (primary N) is 1. The van der Waals surface area contributed by atoms with E-state index in [-0.39, 0.29) is 10.3 Å². The van der Waals surface area contributed by atoms with Gasteiger partial charge in [0.2, 0.25) is 0 Å². The van der Waals surface area contributed by atoms with E-state index in [0.29, 0.717) is 20.6 Å². The highest BCUT2D eigenvalue weighted by atomic mass is 79.9. The summed E-state index contributed by atoms with van der Waals surface area (Å²) in [6.45, 7) is 1.78. The molecule has 1 aromatic heterocycles. The van der Waals surface area contributed by atoms with Crippen molar-refractivity contribution < 1.29 is 4.39 Å². The minimum absolute atomic E-state index is 0.177. The minimum atomic E-state index is -0.444. The Morgan fingerprint density at radius 1 is 1.56 bits per heavy atom. The van der Waals surface area contributed by atoms with Gasteiger partial charge in [0, 0.05) is 5.56 Å². The van der Waals surface area contributed by atoms with E-state index in [0.717, 1.165) is 0 Å². The Morgan fingerprint density at radius 3 is 2.83 bits per heavy atom. The quantitative estimate of drug-likeness (QED) is 0.661. The van der Waals surface area contributed by atoms with Crippen LogP contribution >= 0.6 is 39.2 Å². The standard InChI is InChI=1S/C10H8BrFN4S2/c1-4-15-10(18-16-4)17-6-3-2-5(9(13)14)7(11)8(6)12/h2-3H,1H3,(H3,13,14). The van der Waals surface area contributed by atoms with Crippen LogP contribution in [0, 0.1) is 18.2 Å². The van der Waals surface area contributed by atoms with Gasteiger partial charge in [-0.15, -0.1) is 0 Å². The first-order chi connectivity index (χ1) is 8.49. The Morgan fingerprint density at radius 2 is 2.28 bits per heavy atom. The average molecular weight is 347 g/mol. The van der Waals surface area contributed by atoms with Crippen LogP contribution < -0.4 is 5.73 Å². The predicted molar refractivity (Wildman–Crippen MR) is 73.9 cm³/mol. The molecule has 94 valence electrons. The molecule has 3 N–H and O–H groups in total. The second-order valence-electron chi connectivity index (χ2n) is 3.36. The third-order valence-electron chi connectivity index (χ3n) is 2.04. The fraction of sp³-hybridized carbons (Fsp3) is 0.100. The lowest BCUT2D eigenvalue weighted by Gasteiger charge is -2.06. The molecule has 0 fully saturated rings. The maximum absolute atomic E-state index is 14.1. The summed E-state index contributed by atoms with van der Waals surface area (Å²) in [5, 5.41) is 7.32. The van der Waals surface area contributed by atoms with E-state index in [1.165, 1.54) is 23.3 Å². The number of aryl methyl sites for hydroxylation is 1. The second kappa shape index (κ2) is 5.33. The number of nitrogens with zero attached hydrogens (tertiary/aromatic N) is 2. The third kappa shape index (κ3) is 2.70. The van der Waals surface area contributed by atoms with Gasteiger partial charge in [-0.3, -0.25) is 5.41 Å². The number of nitrogen functional groups attached to an aromatic ring is 1. The van der Waals surface area contributed by atoms with E-state index in [1.54, 1.807) is 19.1 Å². The molecule has 0 amide bonds. The molecule has 2 rings (SSSR count). The molecule has 4 nitrogen and oxygen atoms in total. The Labute approximate surface area is 120 Å². The zero-order chi connectivity index (χ0) is 13.3. The molecule has 8 heteroatoms. The second-order valence-corrected chi connectivity index (χ2v) is 6.20. The van der Waals surface area contributed by atoms with Crippen molar-refractivity contribution in [3.8, 4) is 0 Å². The van der Waals surface area contributed by atoms with E-state index in [2.05, 4.69) is 25.3 Å². The van der Waals surface area contributed by atoms with Gasteiger partial charge in [-0.05, 0) is 46.5 Å². The highest BCUT2D eigenvalue weighted by Crippen LogP contribution is 2.35. The Hall–Kier alpha value is -0.990. The van der Waals surface area contributed by atoms with E-state index in [9.17, 15) is 4.39 Å². The summed E-state index contributed by atoms with van der Waals surface area (Å²) in [5.74, 6) is 0.0481. The maximum Gasteiger partial charge on any atom is 0.174 e. The molecule has 0 bridgehead atoms. The monoisotopic (exact) mass is 346 g/mol. The smallest absolute Gasteiger partial charge is 0.174 e. The van der Waals surface area contributed by atoms with E-state index in [1.807, 2.05) is 0 Å². The van der Waals surface area contributed by atoms with Crippen molar-refractivity contribution in [3.05, 3.63) is 33.8 Å². The lowest BCUT2D eigenvalue weighted by atomic mass is 10.2. The van der Waals surface area contributed by atoms with Crippen molar-refractivity contribution in [2.24, 2.45) is 5.73 Å². The van der Waals surface area contributed by atoms with Crippen LogP contribution in [-0.4, -0.2) is 15.2 Å². The third-order valence-corrected chi connectivity index (χ3v) is 4.70. The maximum atomic E-state index is 14.1. The minimum Gasteiger partial charge on any atom is -0.384 e. The topological polar surface area (TPSA) is 75.7 Å². The van der Waals surface area contributed by atoms with Gasteiger partial charge in [-0.1, -0.05) is 11.8 Å². The molecule has 0 radical (unpaired) electrons. The molecule has 0 aliphatic heterocycles. The summed E-state index contributed by atoms with van der Waals surface area (Å²) >= 11 is 5.53. The van der Waals surface area contributed by atoms with Crippen LogP contribution in [0.2, 0.25) is 0 Å². The Bertz CT molecular complexity index is 614.